The first-order valence-corrected chi connectivity index (χ1v) is 15.5. The van der Waals surface area contributed by atoms with Crippen molar-refractivity contribution in [2.45, 2.75) is 50.8 Å². The first-order valence-electron chi connectivity index (χ1n) is 15.5. The molecule has 12 heteroatoms. The number of hydrogen-bond acceptors (Lipinski definition) is 9. The highest BCUT2D eigenvalue weighted by molar-refractivity contribution is 5.98. The Balaban J connectivity index is 0.000000845. The van der Waals surface area contributed by atoms with Crippen molar-refractivity contribution in [3.05, 3.63) is 66.5 Å². The Morgan fingerprint density at radius 3 is 2.24 bits per heavy atom. The number of fused-ring (bicyclic) bond motifs is 1. The number of likely N-dealkylation sites (N-methyl/N-ethyl adjacent to an activating group) is 1. The van der Waals surface area contributed by atoms with E-state index in [1.54, 1.807) is 4.90 Å². The fourth-order valence-corrected chi connectivity index (χ4v) is 6.62. The lowest BCUT2D eigenvalue weighted by atomic mass is 9.90. The van der Waals surface area contributed by atoms with E-state index in [-0.39, 0.29) is 18.2 Å². The van der Waals surface area contributed by atoms with E-state index < -0.39 is 5.97 Å². The van der Waals surface area contributed by atoms with E-state index in [2.05, 4.69) is 31.5 Å². The van der Waals surface area contributed by atoms with E-state index in [0.717, 1.165) is 92.3 Å². The molecule has 3 aliphatic rings. The largest absolute Gasteiger partial charge is 0.481 e. The number of nitrogens with two attached hydrogens (primary N) is 1. The standard InChI is InChI=1S/C31H36N8O2.C2H4O2/c1-36-15-17-37(18-16-36)23-11-13-25(14-12-23)39-30-27(29(32)33-20-34-30)28(35-39)22-7-9-24(10-8-22)38-19-26(41-31(38)40)21-5-3-2-4-6-21;1-2(3)4/h2-10,20,23,25-26H,11-19H2,1H3,(H2,32,33,34);1H3,(H,3,4)/t23-,25+,26?;. The molecule has 0 spiro atoms. The number of ether oxygens (including phenoxy) is 1. The van der Waals surface area contributed by atoms with Gasteiger partial charge in [0, 0.05) is 50.4 Å². The van der Waals surface area contributed by atoms with Gasteiger partial charge in [0.05, 0.1) is 18.0 Å². The second kappa shape index (κ2) is 13.2. The molecule has 2 aromatic carbocycles. The van der Waals surface area contributed by atoms with Crippen LogP contribution in [0, 0.1) is 0 Å². The monoisotopic (exact) mass is 612 g/mol. The van der Waals surface area contributed by atoms with Gasteiger partial charge in [0.2, 0.25) is 0 Å². The number of amides is 1. The minimum absolute atomic E-state index is 0.276. The van der Waals surface area contributed by atoms with Crippen molar-refractivity contribution in [2.24, 2.45) is 0 Å². The highest BCUT2D eigenvalue weighted by atomic mass is 16.6. The first-order chi connectivity index (χ1) is 21.8. The number of carbonyl (C=O) groups excluding carboxylic acids is 1. The Kier molecular flexibility index (Phi) is 8.95. The molecule has 0 bridgehead atoms. The Morgan fingerprint density at radius 1 is 0.933 bits per heavy atom. The molecule has 1 unspecified atom stereocenters. The number of benzene rings is 2. The number of hydrogen-bond donors (Lipinski definition) is 2. The third-order valence-electron chi connectivity index (χ3n) is 9.02. The lowest BCUT2D eigenvalue weighted by molar-refractivity contribution is -0.134. The van der Waals surface area contributed by atoms with Crippen LogP contribution in [0.4, 0.5) is 16.3 Å². The predicted octanol–water partition coefficient (Wildman–Crippen LogP) is 4.60. The molecule has 12 nitrogen and oxygen atoms in total. The maximum Gasteiger partial charge on any atom is 0.415 e. The predicted molar refractivity (Wildman–Crippen MR) is 172 cm³/mol. The summed E-state index contributed by atoms with van der Waals surface area (Å²) in [5.41, 5.74) is 10.7. The molecule has 0 radical (unpaired) electrons. The topological polar surface area (TPSA) is 143 Å². The molecular weight excluding hydrogens is 572 g/mol. The van der Waals surface area contributed by atoms with Gasteiger partial charge in [-0.3, -0.25) is 14.6 Å². The van der Waals surface area contributed by atoms with Crippen LogP contribution < -0.4 is 10.6 Å². The molecule has 3 fully saturated rings. The fraction of sp³-hybridized carbons (Fsp3) is 0.424. The van der Waals surface area contributed by atoms with Crippen LogP contribution in [0.15, 0.2) is 60.9 Å². The van der Waals surface area contributed by atoms with E-state index >= 15 is 0 Å². The molecule has 1 saturated carbocycles. The summed E-state index contributed by atoms with van der Waals surface area (Å²) in [6.07, 6.45) is 5.36. The van der Waals surface area contributed by atoms with Gasteiger partial charge in [-0.25, -0.2) is 19.4 Å². The summed E-state index contributed by atoms with van der Waals surface area (Å²) in [7, 11) is 2.21. The van der Waals surface area contributed by atoms with Gasteiger partial charge >= 0.3 is 6.09 Å². The van der Waals surface area contributed by atoms with Gasteiger partial charge in [0.25, 0.3) is 5.97 Å². The number of aromatic nitrogens is 4. The molecule has 7 rings (SSSR count). The lowest BCUT2D eigenvalue weighted by Crippen LogP contribution is -2.49. The van der Waals surface area contributed by atoms with Crippen molar-refractivity contribution < 1.29 is 19.4 Å². The van der Waals surface area contributed by atoms with E-state index in [4.69, 9.17) is 25.5 Å². The second-order valence-corrected chi connectivity index (χ2v) is 12.0. The van der Waals surface area contributed by atoms with Gasteiger partial charge < -0.3 is 20.5 Å². The zero-order valence-corrected chi connectivity index (χ0v) is 25.7. The number of carboxylic acid groups (broad SMARTS) is 1. The summed E-state index contributed by atoms with van der Waals surface area (Å²) in [6, 6.07) is 18.6. The zero-order valence-electron chi connectivity index (χ0n) is 25.7. The van der Waals surface area contributed by atoms with Gasteiger partial charge in [-0.2, -0.15) is 5.10 Å². The summed E-state index contributed by atoms with van der Waals surface area (Å²) in [5.74, 6) is -0.403. The highest BCUT2D eigenvalue weighted by Crippen LogP contribution is 2.38. The maximum atomic E-state index is 12.7. The molecule has 4 aromatic rings. The summed E-state index contributed by atoms with van der Waals surface area (Å²) in [6.45, 7) is 6.16. The summed E-state index contributed by atoms with van der Waals surface area (Å²) in [5, 5.41) is 13.3. The van der Waals surface area contributed by atoms with Crippen LogP contribution in [0.2, 0.25) is 0 Å². The molecule has 4 heterocycles. The van der Waals surface area contributed by atoms with Gasteiger partial charge in [-0.1, -0.05) is 42.5 Å². The van der Waals surface area contributed by atoms with Crippen molar-refractivity contribution in [3.8, 4) is 11.3 Å². The van der Waals surface area contributed by atoms with Crippen LogP contribution in [0.3, 0.4) is 0 Å². The molecular formula is C33H40N8O4. The number of cyclic esters (lactones) is 1. The zero-order chi connectivity index (χ0) is 31.5. The molecule has 1 amide bonds. The Labute approximate surface area is 262 Å². The van der Waals surface area contributed by atoms with Crippen LogP contribution in [-0.2, 0) is 9.53 Å². The van der Waals surface area contributed by atoms with E-state index in [1.165, 1.54) is 6.33 Å². The van der Waals surface area contributed by atoms with E-state index in [1.807, 2.05) is 54.6 Å². The summed E-state index contributed by atoms with van der Waals surface area (Å²) in [4.78, 5) is 37.4. The minimum Gasteiger partial charge on any atom is -0.481 e. The van der Waals surface area contributed by atoms with Crippen molar-refractivity contribution in [1.82, 2.24) is 29.5 Å². The smallest absolute Gasteiger partial charge is 0.415 e. The Bertz CT molecular complexity index is 1620. The molecule has 236 valence electrons. The van der Waals surface area contributed by atoms with Crippen LogP contribution in [0.25, 0.3) is 22.3 Å². The van der Waals surface area contributed by atoms with E-state index in [0.29, 0.717) is 18.4 Å². The number of nitrogens with zero attached hydrogens (tertiary/aromatic N) is 7. The van der Waals surface area contributed by atoms with Gasteiger partial charge in [-0.15, -0.1) is 0 Å². The van der Waals surface area contributed by atoms with Gasteiger partial charge in [0.15, 0.2) is 5.65 Å². The number of piperazine rings is 1. The second-order valence-electron chi connectivity index (χ2n) is 12.0. The first kappa shape index (κ1) is 30.5. The molecule has 2 aliphatic heterocycles. The number of nitrogen functional groups attached to an aromatic ring is 1. The fourth-order valence-electron chi connectivity index (χ4n) is 6.62. The molecule has 3 N–H and O–H groups in total. The van der Waals surface area contributed by atoms with Crippen molar-refractivity contribution in [1.29, 1.82) is 0 Å². The normalized spacial score (nSPS) is 22.6. The van der Waals surface area contributed by atoms with Gasteiger partial charge in [-0.05, 0) is 50.4 Å². The summed E-state index contributed by atoms with van der Waals surface area (Å²) < 4.78 is 7.74. The van der Waals surface area contributed by atoms with Crippen LogP contribution >= 0.6 is 0 Å². The number of aliphatic carboxylic acids is 1. The van der Waals surface area contributed by atoms with Gasteiger partial charge in [0.1, 0.15) is 23.9 Å². The quantitative estimate of drug-likeness (QED) is 0.328. The number of carboxylic acids is 1. The van der Waals surface area contributed by atoms with Crippen molar-refractivity contribution >= 4 is 34.6 Å². The Morgan fingerprint density at radius 2 is 1.58 bits per heavy atom. The van der Waals surface area contributed by atoms with E-state index in [9.17, 15) is 4.79 Å². The third kappa shape index (κ3) is 6.62. The number of carbonyl (C=O) groups is 2. The summed E-state index contributed by atoms with van der Waals surface area (Å²) >= 11 is 0. The number of anilines is 2. The third-order valence-corrected chi connectivity index (χ3v) is 9.02. The number of rotatable bonds is 5. The lowest BCUT2D eigenvalue weighted by Gasteiger charge is -2.41. The molecule has 45 heavy (non-hydrogen) atoms. The highest BCUT2D eigenvalue weighted by Gasteiger charge is 2.34. The molecule has 2 saturated heterocycles. The Hall–Kier alpha value is -4.55. The van der Waals surface area contributed by atoms with Crippen LogP contribution in [0.5, 0.6) is 0 Å². The van der Waals surface area contributed by atoms with Crippen molar-refractivity contribution in [3.63, 3.8) is 0 Å². The molecule has 1 atom stereocenters. The SMILES string of the molecule is CC(=O)O.CN1CCN([C@H]2CC[C@@H](n3nc(-c4ccc(N5CC(c6ccccc6)OC5=O)cc4)c4c(N)ncnc43)CC2)CC1. The molecule has 2 aromatic heterocycles. The van der Waals surface area contributed by atoms with Crippen LogP contribution in [0.1, 0.15) is 50.3 Å². The minimum atomic E-state index is -0.833. The average molecular weight is 613 g/mol. The molecule has 1 aliphatic carbocycles. The van der Waals surface area contributed by atoms with Crippen molar-refractivity contribution in [2.75, 3.05) is 50.4 Å². The maximum absolute atomic E-state index is 12.7. The average Bonchev–Trinajstić information content (AvgIpc) is 3.64. The van der Waals surface area contributed by atoms with Crippen LogP contribution in [-0.4, -0.2) is 92.5 Å².